The van der Waals surface area contributed by atoms with Gasteiger partial charge in [-0.25, -0.2) is 4.68 Å². The zero-order chi connectivity index (χ0) is 22.8. The number of aromatic nitrogens is 2. The van der Waals surface area contributed by atoms with Gasteiger partial charge in [-0.15, -0.1) is 0 Å². The van der Waals surface area contributed by atoms with Crippen molar-refractivity contribution in [1.29, 1.82) is 0 Å². The number of alkyl halides is 3. The number of para-hydroxylation sites is 1. The number of rotatable bonds is 6. The first kappa shape index (κ1) is 22.1. The first-order valence-corrected chi connectivity index (χ1v) is 10.5. The molecular weight excluding hydrogens is 417 g/mol. The van der Waals surface area contributed by atoms with Crippen molar-refractivity contribution in [3.05, 3.63) is 84.2 Å². The van der Waals surface area contributed by atoms with Crippen molar-refractivity contribution in [1.82, 2.24) is 19.6 Å². The highest BCUT2D eigenvalue weighted by atomic mass is 19.4. The van der Waals surface area contributed by atoms with Crippen LogP contribution in [0.2, 0.25) is 0 Å². The van der Waals surface area contributed by atoms with Crippen LogP contribution in [0.5, 0.6) is 0 Å². The summed E-state index contributed by atoms with van der Waals surface area (Å²) in [6, 6.07) is 18.7. The van der Waals surface area contributed by atoms with E-state index in [1.165, 1.54) is 11.9 Å². The van der Waals surface area contributed by atoms with E-state index in [-0.39, 0.29) is 26.1 Å². The first-order chi connectivity index (χ1) is 15.3. The Morgan fingerprint density at radius 2 is 1.72 bits per heavy atom. The van der Waals surface area contributed by atoms with Crippen LogP contribution in [0.15, 0.2) is 73.1 Å². The molecule has 0 radical (unpaired) electrons. The molecule has 1 saturated heterocycles. The fourth-order valence-corrected chi connectivity index (χ4v) is 4.27. The third-order valence-electron chi connectivity index (χ3n) is 5.97. The summed E-state index contributed by atoms with van der Waals surface area (Å²) in [5.74, 6) is -0.895. The van der Waals surface area contributed by atoms with Crippen LogP contribution in [0.4, 0.5) is 13.2 Å². The van der Waals surface area contributed by atoms with E-state index >= 15 is 0 Å². The maximum absolute atomic E-state index is 14.2. The Balaban J connectivity index is 1.48. The SMILES string of the molecule is CN(Cc1cnn(-c2ccccc2)c1)C(=O)C1(C(F)(F)F)CCN(Cc2ccccc2)C1. The molecule has 0 aliphatic carbocycles. The lowest BCUT2D eigenvalue weighted by Crippen LogP contribution is -2.52. The van der Waals surface area contributed by atoms with E-state index in [0.29, 0.717) is 12.1 Å². The van der Waals surface area contributed by atoms with Crippen LogP contribution >= 0.6 is 0 Å². The number of halogens is 3. The van der Waals surface area contributed by atoms with Gasteiger partial charge in [0.25, 0.3) is 0 Å². The van der Waals surface area contributed by atoms with Gasteiger partial charge in [-0.3, -0.25) is 9.69 Å². The number of hydrogen-bond donors (Lipinski definition) is 0. The van der Waals surface area contributed by atoms with Gasteiger partial charge < -0.3 is 4.90 Å². The molecule has 1 amide bonds. The molecule has 1 atom stereocenters. The van der Waals surface area contributed by atoms with Crippen LogP contribution in [0.3, 0.4) is 0 Å². The predicted octanol–water partition coefficient (Wildman–Crippen LogP) is 4.29. The van der Waals surface area contributed by atoms with Crippen LogP contribution in [-0.4, -0.2) is 51.8 Å². The summed E-state index contributed by atoms with van der Waals surface area (Å²) in [5, 5.41) is 4.27. The molecule has 4 rings (SSSR count). The van der Waals surface area contributed by atoms with E-state index in [2.05, 4.69) is 5.10 Å². The molecule has 0 N–H and O–H groups in total. The highest BCUT2D eigenvalue weighted by Gasteiger charge is 2.63. The van der Waals surface area contributed by atoms with Crippen molar-refractivity contribution in [3.8, 4) is 5.69 Å². The number of nitrogens with zero attached hydrogens (tertiary/aromatic N) is 4. The minimum Gasteiger partial charge on any atom is -0.340 e. The fourth-order valence-electron chi connectivity index (χ4n) is 4.27. The molecular formula is C24H25F3N4O. The van der Waals surface area contributed by atoms with Crippen molar-refractivity contribution >= 4 is 5.91 Å². The van der Waals surface area contributed by atoms with Crippen LogP contribution in [0.1, 0.15) is 17.5 Å². The topological polar surface area (TPSA) is 41.4 Å². The van der Waals surface area contributed by atoms with E-state index in [9.17, 15) is 18.0 Å². The summed E-state index contributed by atoms with van der Waals surface area (Å²) < 4.78 is 44.3. The van der Waals surface area contributed by atoms with Gasteiger partial charge in [0, 0.05) is 38.4 Å². The van der Waals surface area contributed by atoms with Gasteiger partial charge in [0.2, 0.25) is 5.91 Å². The quantitative estimate of drug-likeness (QED) is 0.572. The molecule has 2 heterocycles. The van der Waals surface area contributed by atoms with Crippen LogP contribution < -0.4 is 0 Å². The van der Waals surface area contributed by atoms with Crippen molar-refractivity contribution in [3.63, 3.8) is 0 Å². The van der Waals surface area contributed by atoms with Crippen molar-refractivity contribution in [2.24, 2.45) is 5.41 Å². The molecule has 168 valence electrons. The van der Waals surface area contributed by atoms with Gasteiger partial charge in [0.1, 0.15) is 0 Å². The van der Waals surface area contributed by atoms with Gasteiger partial charge in [0.15, 0.2) is 5.41 Å². The smallest absolute Gasteiger partial charge is 0.340 e. The molecule has 1 aromatic heterocycles. The molecule has 32 heavy (non-hydrogen) atoms. The van der Waals surface area contributed by atoms with E-state index < -0.39 is 17.5 Å². The second kappa shape index (κ2) is 8.78. The highest BCUT2D eigenvalue weighted by Crippen LogP contribution is 2.47. The molecule has 1 fully saturated rings. The largest absolute Gasteiger partial charge is 0.404 e. The number of hydrogen-bond acceptors (Lipinski definition) is 3. The summed E-state index contributed by atoms with van der Waals surface area (Å²) in [5.41, 5.74) is 0.0407. The Kier molecular flexibility index (Phi) is 6.06. The van der Waals surface area contributed by atoms with Crippen LogP contribution in [0.25, 0.3) is 5.69 Å². The fraction of sp³-hybridized carbons (Fsp3) is 0.333. The van der Waals surface area contributed by atoms with Gasteiger partial charge in [-0.2, -0.15) is 18.3 Å². The lowest BCUT2D eigenvalue weighted by atomic mass is 9.84. The van der Waals surface area contributed by atoms with Crippen molar-refractivity contribution < 1.29 is 18.0 Å². The van der Waals surface area contributed by atoms with Crippen LogP contribution in [0, 0.1) is 5.41 Å². The van der Waals surface area contributed by atoms with E-state index in [1.807, 2.05) is 60.7 Å². The molecule has 1 aliphatic rings. The minimum absolute atomic E-state index is 0.0577. The summed E-state index contributed by atoms with van der Waals surface area (Å²) in [7, 11) is 1.43. The molecule has 3 aromatic rings. The second-order valence-electron chi connectivity index (χ2n) is 8.32. The third-order valence-corrected chi connectivity index (χ3v) is 5.97. The Bertz CT molecular complexity index is 1050. The average molecular weight is 442 g/mol. The maximum Gasteiger partial charge on any atom is 0.404 e. The van der Waals surface area contributed by atoms with Gasteiger partial charge >= 0.3 is 6.18 Å². The second-order valence-corrected chi connectivity index (χ2v) is 8.32. The minimum atomic E-state index is -4.63. The Morgan fingerprint density at radius 3 is 2.38 bits per heavy atom. The molecule has 8 heteroatoms. The number of carbonyl (C=O) groups is 1. The Hall–Kier alpha value is -3.13. The van der Waals surface area contributed by atoms with Gasteiger partial charge in [0.05, 0.1) is 11.9 Å². The third kappa shape index (κ3) is 4.41. The summed E-state index contributed by atoms with van der Waals surface area (Å²) in [6.07, 6.45) is -1.56. The molecule has 0 spiro atoms. The van der Waals surface area contributed by atoms with Gasteiger partial charge in [-0.05, 0) is 30.7 Å². The monoisotopic (exact) mass is 442 g/mol. The summed E-state index contributed by atoms with van der Waals surface area (Å²) >= 11 is 0. The molecule has 1 unspecified atom stereocenters. The van der Waals surface area contributed by atoms with E-state index in [1.54, 1.807) is 22.0 Å². The molecule has 2 aromatic carbocycles. The Labute approximate surface area is 185 Å². The summed E-state index contributed by atoms with van der Waals surface area (Å²) in [6.45, 7) is 0.333. The lowest BCUT2D eigenvalue weighted by molar-refractivity contribution is -0.223. The molecule has 0 bridgehead atoms. The highest BCUT2D eigenvalue weighted by molar-refractivity contribution is 5.84. The van der Waals surface area contributed by atoms with E-state index in [0.717, 1.165) is 11.3 Å². The number of carbonyl (C=O) groups excluding carboxylic acids is 1. The Morgan fingerprint density at radius 1 is 1.06 bits per heavy atom. The standard InChI is InChI=1S/C24H25F3N4O/c1-29(15-20-14-28-31(17-20)21-10-6-3-7-11-21)22(32)23(24(25,26)27)12-13-30(18-23)16-19-8-4-2-5-9-19/h2-11,14,17H,12-13,15-16,18H2,1H3. The van der Waals surface area contributed by atoms with Crippen molar-refractivity contribution in [2.45, 2.75) is 25.7 Å². The lowest BCUT2D eigenvalue weighted by Gasteiger charge is -2.34. The predicted molar refractivity (Wildman–Crippen MR) is 115 cm³/mol. The molecule has 5 nitrogen and oxygen atoms in total. The van der Waals surface area contributed by atoms with Crippen molar-refractivity contribution in [2.75, 3.05) is 20.1 Å². The molecule has 0 saturated carbocycles. The molecule has 1 aliphatic heterocycles. The number of benzene rings is 2. The zero-order valence-electron chi connectivity index (χ0n) is 17.8. The van der Waals surface area contributed by atoms with Gasteiger partial charge in [-0.1, -0.05) is 48.5 Å². The maximum atomic E-state index is 14.2. The number of likely N-dealkylation sites (tertiary alicyclic amines) is 1. The first-order valence-electron chi connectivity index (χ1n) is 10.5. The van der Waals surface area contributed by atoms with E-state index in [4.69, 9.17) is 0 Å². The summed E-state index contributed by atoms with van der Waals surface area (Å²) in [4.78, 5) is 16.0. The zero-order valence-corrected chi connectivity index (χ0v) is 17.8. The number of amides is 1. The normalized spacial score (nSPS) is 19.2. The van der Waals surface area contributed by atoms with Crippen LogP contribution in [-0.2, 0) is 17.9 Å². The average Bonchev–Trinajstić information content (AvgIpc) is 3.42.